The fourth-order valence-electron chi connectivity index (χ4n) is 2.52. The van der Waals surface area contributed by atoms with E-state index in [4.69, 9.17) is 33.7 Å². The smallest absolute Gasteiger partial charge is 0.276 e. The highest BCUT2D eigenvalue weighted by Crippen LogP contribution is 2.31. The molecule has 31 heavy (non-hydrogen) atoms. The molecular weight excluding hydrogens is 461 g/mol. The second kappa shape index (κ2) is 9.21. The summed E-state index contributed by atoms with van der Waals surface area (Å²) in [7, 11) is 0. The van der Waals surface area contributed by atoms with E-state index in [9.17, 15) is 4.79 Å². The molecule has 4 aromatic rings. The lowest BCUT2D eigenvalue weighted by Crippen LogP contribution is -2.34. The van der Waals surface area contributed by atoms with Gasteiger partial charge in [-0.2, -0.15) is 0 Å². The number of para-hydroxylation sites is 1. The number of ether oxygens (including phenoxy) is 1. The number of rotatable bonds is 7. The first-order valence-electron chi connectivity index (χ1n) is 8.85. The van der Waals surface area contributed by atoms with Gasteiger partial charge >= 0.3 is 0 Å². The summed E-state index contributed by atoms with van der Waals surface area (Å²) in [6, 6.07) is 12.5. The number of aromatic nitrogens is 3. The number of anilines is 4. The minimum atomic E-state index is -0.468. The van der Waals surface area contributed by atoms with E-state index >= 15 is 0 Å². The zero-order valence-electron chi connectivity index (χ0n) is 15.7. The van der Waals surface area contributed by atoms with Gasteiger partial charge in [-0.1, -0.05) is 46.7 Å². The van der Waals surface area contributed by atoms with Crippen molar-refractivity contribution >= 4 is 73.1 Å². The van der Waals surface area contributed by atoms with E-state index in [0.29, 0.717) is 26.7 Å². The van der Waals surface area contributed by atoms with Crippen molar-refractivity contribution in [3.8, 4) is 5.75 Å². The van der Waals surface area contributed by atoms with Crippen LogP contribution in [0.2, 0.25) is 10.0 Å². The first kappa shape index (κ1) is 20.9. The maximum Gasteiger partial charge on any atom is 0.276 e. The number of thiazole rings is 1. The average Bonchev–Trinajstić information content (AvgIpc) is 3.16. The number of nitrogen functional groups attached to an aromatic ring is 1. The maximum atomic E-state index is 12.1. The molecule has 0 atom stereocenters. The molecular formula is C19H15Cl2N7O2S. The molecule has 2 heterocycles. The van der Waals surface area contributed by atoms with Gasteiger partial charge in [-0.25, -0.2) is 15.0 Å². The van der Waals surface area contributed by atoms with Crippen LogP contribution in [0.4, 0.5) is 22.5 Å². The van der Waals surface area contributed by atoms with E-state index < -0.39 is 5.91 Å². The highest BCUT2D eigenvalue weighted by molar-refractivity contribution is 7.22. The van der Waals surface area contributed by atoms with Crippen molar-refractivity contribution < 1.29 is 9.53 Å². The topological polar surface area (TPSA) is 127 Å². The van der Waals surface area contributed by atoms with E-state index in [1.165, 1.54) is 23.7 Å². The van der Waals surface area contributed by atoms with Crippen molar-refractivity contribution in [3.05, 3.63) is 58.8 Å². The second-order valence-electron chi connectivity index (χ2n) is 6.13. The fourth-order valence-corrected chi connectivity index (χ4v) is 3.85. The monoisotopic (exact) mass is 475 g/mol. The van der Waals surface area contributed by atoms with E-state index in [-0.39, 0.29) is 18.1 Å². The third-order valence-corrected chi connectivity index (χ3v) is 5.46. The number of nitrogens with two attached hydrogens (primary N) is 1. The van der Waals surface area contributed by atoms with Crippen LogP contribution in [-0.2, 0) is 4.79 Å². The molecule has 2 aromatic heterocycles. The Hall–Kier alpha value is -3.34. The molecule has 0 fully saturated rings. The molecule has 5 N–H and O–H groups in total. The summed E-state index contributed by atoms with van der Waals surface area (Å²) in [6.45, 7) is -0.282. The number of halogens is 2. The summed E-state index contributed by atoms with van der Waals surface area (Å²) in [4.78, 5) is 24.7. The van der Waals surface area contributed by atoms with Crippen LogP contribution < -0.4 is 26.6 Å². The number of hydrogen-bond donors (Lipinski definition) is 4. The molecule has 9 nitrogen and oxygen atoms in total. The molecule has 0 saturated heterocycles. The van der Waals surface area contributed by atoms with E-state index in [2.05, 4.69) is 31.1 Å². The number of nitrogens with one attached hydrogen (secondary N) is 3. The minimum absolute atomic E-state index is 0.212. The Balaban J connectivity index is 1.37. The Morgan fingerprint density at radius 1 is 1.13 bits per heavy atom. The molecule has 0 aliphatic carbocycles. The zero-order chi connectivity index (χ0) is 21.8. The number of nitrogens with zero attached hydrogens (tertiary/aromatic N) is 3. The normalized spacial score (nSPS) is 10.6. The first-order chi connectivity index (χ1) is 15.0. The number of amides is 1. The van der Waals surface area contributed by atoms with Crippen molar-refractivity contribution in [3.63, 3.8) is 0 Å². The molecule has 4 rings (SSSR count). The van der Waals surface area contributed by atoms with Crippen molar-refractivity contribution in [2.45, 2.75) is 0 Å². The van der Waals surface area contributed by atoms with Gasteiger partial charge in [0.1, 0.15) is 17.8 Å². The number of fused-ring (bicyclic) bond motifs is 1. The molecule has 0 spiro atoms. The van der Waals surface area contributed by atoms with Gasteiger partial charge in [-0.15, -0.1) is 0 Å². The Bertz CT molecular complexity index is 1220. The molecule has 0 saturated carbocycles. The lowest BCUT2D eigenvalue weighted by atomic mass is 10.3. The Labute approximate surface area is 190 Å². The average molecular weight is 476 g/mol. The van der Waals surface area contributed by atoms with E-state index in [0.717, 1.165) is 10.2 Å². The number of carbonyl (C=O) groups is 1. The Kier molecular flexibility index (Phi) is 6.21. The summed E-state index contributed by atoms with van der Waals surface area (Å²) < 4.78 is 6.41. The molecule has 158 valence electrons. The molecule has 0 aliphatic heterocycles. The molecule has 1 amide bonds. The SMILES string of the molecule is Nc1c(NNC(=O)COc2ccc(Cl)cc2Cl)ncnc1Nc1nc2ccccc2s1. The number of carbonyl (C=O) groups excluding carboxylic acids is 1. The van der Waals surface area contributed by atoms with Crippen LogP contribution in [0.3, 0.4) is 0 Å². The highest BCUT2D eigenvalue weighted by atomic mass is 35.5. The van der Waals surface area contributed by atoms with Crippen LogP contribution in [0.1, 0.15) is 0 Å². The van der Waals surface area contributed by atoms with Crippen LogP contribution in [0, 0.1) is 0 Å². The second-order valence-corrected chi connectivity index (χ2v) is 8.01. The summed E-state index contributed by atoms with van der Waals surface area (Å²) >= 11 is 13.3. The Morgan fingerprint density at radius 3 is 2.74 bits per heavy atom. The van der Waals surface area contributed by atoms with Crippen LogP contribution in [0.25, 0.3) is 10.2 Å². The molecule has 0 unspecified atom stereocenters. The predicted octanol–water partition coefficient (Wildman–Crippen LogP) is 4.24. The van der Waals surface area contributed by atoms with Gasteiger partial charge in [-0.3, -0.25) is 15.6 Å². The molecule has 2 aromatic carbocycles. The van der Waals surface area contributed by atoms with Gasteiger partial charge in [0, 0.05) is 5.02 Å². The van der Waals surface area contributed by atoms with Crippen molar-refractivity contribution in [2.75, 3.05) is 23.1 Å². The zero-order valence-corrected chi connectivity index (χ0v) is 18.1. The van der Waals surface area contributed by atoms with Gasteiger partial charge in [0.05, 0.1) is 15.2 Å². The lowest BCUT2D eigenvalue weighted by Gasteiger charge is -2.13. The standard InChI is InChI=1S/C19H15Cl2N7O2S/c20-10-5-6-13(11(21)7-10)30-8-15(29)27-28-18-16(22)17(23-9-24-18)26-19-25-12-3-1-2-4-14(12)31-19/h1-7,9H,8,22H2,(H,27,29)(H2,23,24,25,26,28). The van der Waals surface area contributed by atoms with Crippen LogP contribution in [0.5, 0.6) is 5.75 Å². The third kappa shape index (κ3) is 5.05. The quantitative estimate of drug-likeness (QED) is 0.292. The number of hydrogen-bond acceptors (Lipinski definition) is 9. The van der Waals surface area contributed by atoms with Gasteiger partial charge < -0.3 is 15.8 Å². The third-order valence-electron chi connectivity index (χ3n) is 3.98. The highest BCUT2D eigenvalue weighted by Gasteiger charge is 2.12. The summed E-state index contributed by atoms with van der Waals surface area (Å²) in [5, 5.41) is 4.48. The predicted molar refractivity (Wildman–Crippen MR) is 123 cm³/mol. The number of benzene rings is 2. The van der Waals surface area contributed by atoms with E-state index in [1.807, 2.05) is 24.3 Å². The van der Waals surface area contributed by atoms with Gasteiger partial charge in [0.15, 0.2) is 23.4 Å². The van der Waals surface area contributed by atoms with Crippen LogP contribution in [0.15, 0.2) is 48.8 Å². The molecule has 0 bridgehead atoms. The summed E-state index contributed by atoms with van der Waals surface area (Å²) in [6.07, 6.45) is 1.31. The largest absolute Gasteiger partial charge is 0.482 e. The van der Waals surface area contributed by atoms with Crippen molar-refractivity contribution in [1.29, 1.82) is 0 Å². The lowest BCUT2D eigenvalue weighted by molar-refractivity contribution is -0.122. The van der Waals surface area contributed by atoms with Gasteiger partial charge in [-0.05, 0) is 30.3 Å². The first-order valence-corrected chi connectivity index (χ1v) is 10.4. The van der Waals surface area contributed by atoms with Crippen molar-refractivity contribution in [1.82, 2.24) is 20.4 Å². The summed E-state index contributed by atoms with van der Waals surface area (Å²) in [5.41, 5.74) is 12.3. The van der Waals surface area contributed by atoms with E-state index in [1.54, 1.807) is 12.1 Å². The maximum absolute atomic E-state index is 12.1. The minimum Gasteiger partial charge on any atom is -0.482 e. The molecule has 0 aliphatic rings. The summed E-state index contributed by atoms with van der Waals surface area (Å²) in [5.74, 6) is 0.446. The number of hydrazine groups is 1. The van der Waals surface area contributed by atoms with Crippen LogP contribution in [-0.4, -0.2) is 27.5 Å². The molecule has 12 heteroatoms. The van der Waals surface area contributed by atoms with Crippen molar-refractivity contribution in [2.24, 2.45) is 0 Å². The van der Waals surface area contributed by atoms with Gasteiger partial charge in [0.2, 0.25) is 0 Å². The van der Waals surface area contributed by atoms with Gasteiger partial charge in [0.25, 0.3) is 5.91 Å². The van der Waals surface area contributed by atoms with Crippen LogP contribution >= 0.6 is 34.5 Å². The molecule has 0 radical (unpaired) electrons. The Morgan fingerprint density at radius 2 is 1.94 bits per heavy atom. The fraction of sp³-hybridized carbons (Fsp3) is 0.0526.